The number of hydrogen-bond donors (Lipinski definition) is 1. The summed E-state index contributed by atoms with van der Waals surface area (Å²) in [6, 6.07) is 5.19. The molecule has 0 saturated heterocycles. The molecule has 1 aromatic carbocycles. The highest BCUT2D eigenvalue weighted by atomic mass is 35.5. The van der Waals surface area contributed by atoms with Crippen LogP contribution in [0.3, 0.4) is 0 Å². The molecule has 0 aromatic heterocycles. The van der Waals surface area contributed by atoms with Gasteiger partial charge >= 0.3 is 6.18 Å². The van der Waals surface area contributed by atoms with Gasteiger partial charge in [0.05, 0.1) is 17.1 Å². The van der Waals surface area contributed by atoms with Crippen LogP contribution < -0.4 is 5.32 Å². The van der Waals surface area contributed by atoms with Gasteiger partial charge in [-0.15, -0.1) is 0 Å². The van der Waals surface area contributed by atoms with Crippen molar-refractivity contribution in [3.63, 3.8) is 0 Å². The van der Waals surface area contributed by atoms with Crippen LogP contribution in [0.4, 0.5) is 18.9 Å². The standard InChI is InChI=1S/C10H11ClF3N/c1-7-3-2-4-8(11)9(7)15-6-5-10(12,13)14/h2-4,15H,5-6H2,1H3. The molecular formula is C10H11ClF3N. The van der Waals surface area contributed by atoms with Crippen LogP contribution in [0.15, 0.2) is 18.2 Å². The number of nitrogens with one attached hydrogen (secondary N) is 1. The first kappa shape index (κ1) is 12.2. The second-order valence-electron chi connectivity index (χ2n) is 3.22. The average Bonchev–Trinajstić information content (AvgIpc) is 2.08. The summed E-state index contributed by atoms with van der Waals surface area (Å²) in [4.78, 5) is 0. The molecule has 1 rings (SSSR count). The predicted molar refractivity (Wildman–Crippen MR) is 55.4 cm³/mol. The molecule has 15 heavy (non-hydrogen) atoms. The number of halogens is 4. The first-order valence-electron chi connectivity index (χ1n) is 4.46. The monoisotopic (exact) mass is 237 g/mol. The van der Waals surface area contributed by atoms with Crippen molar-refractivity contribution >= 4 is 17.3 Å². The molecule has 0 unspecified atom stereocenters. The second kappa shape index (κ2) is 4.75. The minimum atomic E-state index is -4.14. The van der Waals surface area contributed by atoms with Crippen LogP contribution in [0.25, 0.3) is 0 Å². The van der Waals surface area contributed by atoms with Gasteiger partial charge in [-0.3, -0.25) is 0 Å². The third-order valence-corrected chi connectivity index (χ3v) is 2.25. The van der Waals surface area contributed by atoms with Crippen molar-refractivity contribution in [2.24, 2.45) is 0 Å². The van der Waals surface area contributed by atoms with Crippen LogP contribution in [0.2, 0.25) is 5.02 Å². The summed E-state index contributed by atoms with van der Waals surface area (Å²) in [5.41, 5.74) is 1.41. The Morgan fingerprint density at radius 3 is 2.53 bits per heavy atom. The smallest absolute Gasteiger partial charge is 0.383 e. The zero-order valence-electron chi connectivity index (χ0n) is 8.16. The molecular weight excluding hydrogens is 227 g/mol. The lowest BCUT2D eigenvalue weighted by molar-refractivity contribution is -0.131. The van der Waals surface area contributed by atoms with Crippen LogP contribution in [-0.4, -0.2) is 12.7 Å². The summed E-state index contributed by atoms with van der Waals surface area (Å²) in [5.74, 6) is 0. The first-order chi connectivity index (χ1) is 6.90. The number of aryl methyl sites for hydroxylation is 1. The zero-order valence-corrected chi connectivity index (χ0v) is 8.91. The topological polar surface area (TPSA) is 12.0 Å². The zero-order chi connectivity index (χ0) is 11.5. The van der Waals surface area contributed by atoms with E-state index in [0.29, 0.717) is 10.7 Å². The first-order valence-corrected chi connectivity index (χ1v) is 4.84. The maximum Gasteiger partial charge on any atom is 0.390 e. The molecule has 0 aliphatic heterocycles. The summed E-state index contributed by atoms with van der Waals surface area (Å²) in [7, 11) is 0. The van der Waals surface area contributed by atoms with Crippen molar-refractivity contribution in [1.82, 2.24) is 0 Å². The lowest BCUT2D eigenvalue weighted by atomic mass is 10.2. The lowest BCUT2D eigenvalue weighted by Gasteiger charge is -2.12. The molecule has 1 nitrogen and oxygen atoms in total. The summed E-state index contributed by atoms with van der Waals surface area (Å²) in [5, 5.41) is 3.13. The highest BCUT2D eigenvalue weighted by Crippen LogP contribution is 2.26. The molecule has 1 N–H and O–H groups in total. The Morgan fingerprint density at radius 1 is 1.33 bits per heavy atom. The van der Waals surface area contributed by atoms with E-state index in [2.05, 4.69) is 5.32 Å². The number of benzene rings is 1. The van der Waals surface area contributed by atoms with Gasteiger partial charge in [-0.05, 0) is 18.6 Å². The largest absolute Gasteiger partial charge is 0.390 e. The van der Waals surface area contributed by atoms with Gasteiger partial charge in [0, 0.05) is 6.54 Å². The van der Waals surface area contributed by atoms with Crippen molar-refractivity contribution in [1.29, 1.82) is 0 Å². The van der Waals surface area contributed by atoms with Crippen molar-refractivity contribution in [3.05, 3.63) is 28.8 Å². The van der Waals surface area contributed by atoms with Crippen LogP contribution in [0.5, 0.6) is 0 Å². The van der Waals surface area contributed by atoms with Crippen LogP contribution >= 0.6 is 11.6 Å². The van der Waals surface area contributed by atoms with E-state index in [4.69, 9.17) is 11.6 Å². The molecule has 0 atom stereocenters. The maximum atomic E-state index is 11.9. The third kappa shape index (κ3) is 4.00. The summed E-state index contributed by atoms with van der Waals surface area (Å²) >= 11 is 5.84. The molecule has 0 spiro atoms. The van der Waals surface area contributed by atoms with Gasteiger partial charge in [-0.25, -0.2) is 0 Å². The number of anilines is 1. The molecule has 0 saturated carbocycles. The van der Waals surface area contributed by atoms with E-state index in [1.54, 1.807) is 25.1 Å². The summed E-state index contributed by atoms with van der Waals surface area (Å²) < 4.78 is 35.7. The number of hydrogen-bond acceptors (Lipinski definition) is 1. The molecule has 0 amide bonds. The van der Waals surface area contributed by atoms with Crippen LogP contribution in [0, 0.1) is 6.92 Å². The number of rotatable bonds is 3. The van der Waals surface area contributed by atoms with Gasteiger partial charge < -0.3 is 5.32 Å². The fourth-order valence-corrected chi connectivity index (χ4v) is 1.47. The Labute approximate surface area is 91.2 Å². The van der Waals surface area contributed by atoms with E-state index in [0.717, 1.165) is 5.56 Å². The molecule has 84 valence electrons. The molecule has 0 radical (unpaired) electrons. The highest BCUT2D eigenvalue weighted by molar-refractivity contribution is 6.33. The fourth-order valence-electron chi connectivity index (χ4n) is 1.19. The number of alkyl halides is 3. The lowest BCUT2D eigenvalue weighted by Crippen LogP contribution is -2.15. The summed E-state index contributed by atoms with van der Waals surface area (Å²) in [6.07, 6.45) is -5.00. The van der Waals surface area contributed by atoms with Crippen LogP contribution in [0.1, 0.15) is 12.0 Å². The van der Waals surface area contributed by atoms with Crippen molar-refractivity contribution in [2.75, 3.05) is 11.9 Å². The molecule has 1 aromatic rings. The van der Waals surface area contributed by atoms with Crippen molar-refractivity contribution in [2.45, 2.75) is 19.5 Å². The van der Waals surface area contributed by atoms with E-state index in [1.165, 1.54) is 0 Å². The Bertz CT molecular complexity index is 316. The fraction of sp³-hybridized carbons (Fsp3) is 0.400. The molecule has 0 heterocycles. The van der Waals surface area contributed by atoms with Crippen molar-refractivity contribution in [3.8, 4) is 0 Å². The minimum Gasteiger partial charge on any atom is -0.383 e. The van der Waals surface area contributed by atoms with Gasteiger partial charge in [-0.1, -0.05) is 23.7 Å². The molecule has 5 heteroatoms. The molecule has 0 bridgehead atoms. The Balaban J connectivity index is 2.58. The van der Waals surface area contributed by atoms with Crippen molar-refractivity contribution < 1.29 is 13.2 Å². The predicted octanol–water partition coefficient (Wildman–Crippen LogP) is 4.01. The van der Waals surface area contributed by atoms with Crippen LogP contribution in [-0.2, 0) is 0 Å². The van der Waals surface area contributed by atoms with E-state index >= 15 is 0 Å². The average molecular weight is 238 g/mol. The second-order valence-corrected chi connectivity index (χ2v) is 3.63. The normalized spacial score (nSPS) is 11.5. The third-order valence-electron chi connectivity index (χ3n) is 1.93. The van der Waals surface area contributed by atoms with E-state index < -0.39 is 12.6 Å². The Hall–Kier alpha value is -0.900. The van der Waals surface area contributed by atoms with E-state index in [1.807, 2.05) is 0 Å². The van der Waals surface area contributed by atoms with Gasteiger partial charge in [0.15, 0.2) is 0 Å². The van der Waals surface area contributed by atoms with E-state index in [-0.39, 0.29) is 6.54 Å². The molecule has 0 fully saturated rings. The maximum absolute atomic E-state index is 11.9. The van der Waals surface area contributed by atoms with Gasteiger partial charge in [0.1, 0.15) is 0 Å². The van der Waals surface area contributed by atoms with Gasteiger partial charge in [0.2, 0.25) is 0 Å². The highest BCUT2D eigenvalue weighted by Gasteiger charge is 2.26. The molecule has 0 aliphatic rings. The quantitative estimate of drug-likeness (QED) is 0.838. The Kier molecular flexibility index (Phi) is 3.85. The van der Waals surface area contributed by atoms with Gasteiger partial charge in [0.25, 0.3) is 0 Å². The minimum absolute atomic E-state index is 0.159. The van der Waals surface area contributed by atoms with Gasteiger partial charge in [-0.2, -0.15) is 13.2 Å². The summed E-state index contributed by atoms with van der Waals surface area (Å²) in [6.45, 7) is 1.63. The Morgan fingerprint density at radius 2 is 2.00 bits per heavy atom. The molecule has 0 aliphatic carbocycles. The van der Waals surface area contributed by atoms with E-state index in [9.17, 15) is 13.2 Å². The SMILES string of the molecule is Cc1cccc(Cl)c1NCCC(F)(F)F. The number of para-hydroxylation sites is 1.